The monoisotopic (exact) mass is 128 g/mol. The van der Waals surface area contributed by atoms with E-state index in [1.807, 2.05) is 0 Å². The minimum atomic E-state index is 0.740. The summed E-state index contributed by atoms with van der Waals surface area (Å²) in [5, 5.41) is 7.31. The van der Waals surface area contributed by atoms with E-state index in [4.69, 9.17) is 4.84 Å². The van der Waals surface area contributed by atoms with Gasteiger partial charge in [-0.1, -0.05) is 6.42 Å². The van der Waals surface area contributed by atoms with Gasteiger partial charge in [0.25, 0.3) is 0 Å². The van der Waals surface area contributed by atoms with Crippen molar-refractivity contribution in [1.82, 2.24) is 0 Å². The van der Waals surface area contributed by atoms with E-state index >= 15 is 0 Å². The van der Waals surface area contributed by atoms with Crippen molar-refractivity contribution in [3.05, 3.63) is 0 Å². The van der Waals surface area contributed by atoms with Gasteiger partial charge >= 0.3 is 0 Å². The molecule has 0 saturated carbocycles. The van der Waals surface area contributed by atoms with E-state index in [2.05, 4.69) is 10.4 Å². The summed E-state index contributed by atoms with van der Waals surface area (Å²) in [6.07, 6.45) is 4.80. The Morgan fingerprint density at radius 2 is 1.89 bits per heavy atom. The van der Waals surface area contributed by atoms with Gasteiger partial charge in [0.1, 0.15) is 6.61 Å². The maximum absolute atomic E-state index is 4.81. The number of rotatable bonds is 0. The fourth-order valence-corrected chi connectivity index (χ4v) is 0.825. The number of hydrogen-bond donors (Lipinski definition) is 0. The second-order valence-electron chi connectivity index (χ2n) is 2.19. The fourth-order valence-electron chi connectivity index (χ4n) is 0.825. The molecule has 3 nitrogen and oxygen atoms in total. The lowest BCUT2D eigenvalue weighted by molar-refractivity contribution is 0.121. The predicted molar refractivity (Wildman–Crippen MR) is 34.1 cm³/mol. The Balaban J connectivity index is 2.15. The zero-order valence-electron chi connectivity index (χ0n) is 5.55. The molecule has 0 fully saturated rings. The highest BCUT2D eigenvalue weighted by Gasteiger charge is 1.92. The summed E-state index contributed by atoms with van der Waals surface area (Å²) in [6.45, 7) is 1.57. The Hall–Kier alpha value is -0.600. The van der Waals surface area contributed by atoms with Crippen molar-refractivity contribution in [2.24, 2.45) is 10.4 Å². The van der Waals surface area contributed by atoms with Crippen LogP contribution in [0.25, 0.3) is 0 Å². The second-order valence-corrected chi connectivity index (χ2v) is 2.19. The van der Waals surface area contributed by atoms with Crippen LogP contribution in [0.15, 0.2) is 10.4 Å². The lowest BCUT2D eigenvalue weighted by Crippen LogP contribution is -1.85. The zero-order valence-corrected chi connectivity index (χ0v) is 5.55. The van der Waals surface area contributed by atoms with Crippen LogP contribution >= 0.6 is 0 Å². The van der Waals surface area contributed by atoms with Crippen molar-refractivity contribution in [3.63, 3.8) is 0 Å². The molecule has 0 N–H and O–H groups in total. The molecule has 0 aromatic carbocycles. The molecule has 9 heavy (non-hydrogen) atoms. The molecule has 0 amide bonds. The van der Waals surface area contributed by atoms with Crippen LogP contribution in [-0.2, 0) is 4.84 Å². The third-order valence-electron chi connectivity index (χ3n) is 1.36. The normalized spacial score (nSPS) is 21.3. The molecular formula is C6H12N2O. The maximum Gasteiger partial charge on any atom is 0.119 e. The number of hydrogen-bond acceptors (Lipinski definition) is 3. The lowest BCUT2D eigenvalue weighted by Gasteiger charge is -1.93. The molecular weight excluding hydrogens is 116 g/mol. The van der Waals surface area contributed by atoms with Gasteiger partial charge in [-0.3, -0.25) is 0 Å². The van der Waals surface area contributed by atoms with E-state index in [-0.39, 0.29) is 0 Å². The molecule has 0 aromatic heterocycles. The van der Waals surface area contributed by atoms with Gasteiger partial charge in [-0.15, -0.1) is 0 Å². The van der Waals surface area contributed by atoms with Crippen LogP contribution in [0.5, 0.6) is 0 Å². The zero-order chi connectivity index (χ0) is 6.36. The lowest BCUT2D eigenvalue weighted by atomic mass is 10.2. The molecule has 3 heteroatoms. The average Bonchev–Trinajstić information content (AvgIpc) is 2.00. The highest BCUT2D eigenvalue weighted by Crippen LogP contribution is 2.02. The standard InChI is InChI=1S/C6H12N2O/c1-2-4-6-9-8-7-5-3-1/h1-6H2. The molecule has 0 aromatic rings. The topological polar surface area (TPSA) is 34.0 Å². The minimum absolute atomic E-state index is 0.740. The van der Waals surface area contributed by atoms with Crippen LogP contribution in [0.3, 0.4) is 0 Å². The molecule has 0 spiro atoms. The van der Waals surface area contributed by atoms with E-state index in [1.54, 1.807) is 0 Å². The molecule has 0 aliphatic carbocycles. The van der Waals surface area contributed by atoms with Crippen LogP contribution in [0.1, 0.15) is 25.7 Å². The van der Waals surface area contributed by atoms with Gasteiger partial charge in [-0.25, -0.2) is 0 Å². The maximum atomic E-state index is 4.81. The molecule has 1 heterocycles. The Morgan fingerprint density at radius 1 is 1.00 bits per heavy atom. The SMILES string of the molecule is C1CCCON=NCC1. The minimum Gasteiger partial charge on any atom is -0.380 e. The molecule has 0 saturated heterocycles. The van der Waals surface area contributed by atoms with Crippen LogP contribution in [-0.4, -0.2) is 13.2 Å². The van der Waals surface area contributed by atoms with Crippen molar-refractivity contribution in [3.8, 4) is 0 Å². The summed E-state index contributed by atoms with van der Waals surface area (Å²) in [5.74, 6) is 0. The molecule has 0 radical (unpaired) electrons. The summed E-state index contributed by atoms with van der Waals surface area (Å²) in [7, 11) is 0. The van der Waals surface area contributed by atoms with Gasteiger partial charge in [0.2, 0.25) is 0 Å². The molecule has 1 rings (SSSR count). The summed E-state index contributed by atoms with van der Waals surface area (Å²) in [6, 6.07) is 0. The third kappa shape index (κ3) is 3.06. The third-order valence-corrected chi connectivity index (χ3v) is 1.36. The van der Waals surface area contributed by atoms with E-state index in [1.165, 1.54) is 12.8 Å². The Morgan fingerprint density at radius 3 is 2.89 bits per heavy atom. The van der Waals surface area contributed by atoms with Gasteiger partial charge in [0, 0.05) is 5.28 Å². The van der Waals surface area contributed by atoms with Gasteiger partial charge in [-0.2, -0.15) is 5.11 Å². The first-order chi connectivity index (χ1) is 4.50. The predicted octanol–water partition coefficient (Wildman–Crippen LogP) is 1.94. The smallest absolute Gasteiger partial charge is 0.119 e. The van der Waals surface area contributed by atoms with Gasteiger partial charge < -0.3 is 4.84 Å². The molecule has 1 aliphatic rings. The molecule has 0 bridgehead atoms. The molecule has 52 valence electrons. The quantitative estimate of drug-likeness (QED) is 0.491. The van der Waals surface area contributed by atoms with Crippen LogP contribution in [0.4, 0.5) is 0 Å². The van der Waals surface area contributed by atoms with Crippen molar-refractivity contribution in [1.29, 1.82) is 0 Å². The van der Waals surface area contributed by atoms with E-state index < -0.39 is 0 Å². The first-order valence-corrected chi connectivity index (χ1v) is 3.49. The first-order valence-electron chi connectivity index (χ1n) is 3.49. The van der Waals surface area contributed by atoms with E-state index in [9.17, 15) is 0 Å². The Labute approximate surface area is 55.1 Å². The molecule has 0 atom stereocenters. The van der Waals surface area contributed by atoms with Crippen molar-refractivity contribution in [2.45, 2.75) is 25.7 Å². The summed E-state index contributed by atoms with van der Waals surface area (Å²) < 4.78 is 0. The van der Waals surface area contributed by atoms with Crippen LogP contribution < -0.4 is 0 Å². The molecule has 1 aliphatic heterocycles. The molecule has 0 unspecified atom stereocenters. The summed E-state index contributed by atoms with van der Waals surface area (Å²) in [4.78, 5) is 4.81. The Kier molecular flexibility index (Phi) is 3.11. The highest BCUT2D eigenvalue weighted by molar-refractivity contribution is 4.45. The average molecular weight is 128 g/mol. The fraction of sp³-hybridized carbons (Fsp3) is 1.00. The van der Waals surface area contributed by atoms with Gasteiger partial charge in [0.05, 0.1) is 6.54 Å². The van der Waals surface area contributed by atoms with Gasteiger partial charge in [-0.05, 0) is 19.3 Å². The largest absolute Gasteiger partial charge is 0.380 e. The van der Waals surface area contributed by atoms with E-state index in [0.29, 0.717) is 0 Å². The van der Waals surface area contributed by atoms with Crippen molar-refractivity contribution < 1.29 is 4.84 Å². The van der Waals surface area contributed by atoms with Crippen LogP contribution in [0, 0.1) is 0 Å². The first kappa shape index (κ1) is 6.52. The summed E-state index contributed by atoms with van der Waals surface area (Å²) >= 11 is 0. The number of nitrogens with zero attached hydrogens (tertiary/aromatic N) is 2. The second kappa shape index (κ2) is 4.30. The highest BCUT2D eigenvalue weighted by atomic mass is 16.6. The van der Waals surface area contributed by atoms with Crippen molar-refractivity contribution >= 4 is 0 Å². The van der Waals surface area contributed by atoms with Crippen molar-refractivity contribution in [2.75, 3.05) is 13.2 Å². The summed E-state index contributed by atoms with van der Waals surface area (Å²) in [5.41, 5.74) is 0. The Bertz CT molecular complexity index is 83.1. The van der Waals surface area contributed by atoms with E-state index in [0.717, 1.165) is 26.0 Å². The van der Waals surface area contributed by atoms with Gasteiger partial charge in [0.15, 0.2) is 0 Å². The van der Waals surface area contributed by atoms with Crippen LogP contribution in [0.2, 0.25) is 0 Å².